The van der Waals surface area contributed by atoms with Gasteiger partial charge in [-0.1, -0.05) is 30.3 Å². The summed E-state index contributed by atoms with van der Waals surface area (Å²) in [6.45, 7) is 0. The van der Waals surface area contributed by atoms with Crippen molar-refractivity contribution in [3.05, 3.63) is 77.9 Å². The quantitative estimate of drug-likeness (QED) is 0.776. The minimum absolute atomic E-state index is 0.0638. The number of benzene rings is 1. The van der Waals surface area contributed by atoms with E-state index in [1.54, 1.807) is 12.4 Å². The average Bonchev–Trinajstić information content (AvgIpc) is 3.41. The predicted octanol–water partition coefficient (Wildman–Crippen LogP) is 3.56. The lowest BCUT2D eigenvalue weighted by Crippen LogP contribution is -2.32. The zero-order chi connectivity index (χ0) is 18.2. The van der Waals surface area contributed by atoms with E-state index in [4.69, 9.17) is 0 Å². The zero-order valence-electron chi connectivity index (χ0n) is 15.1. The fraction of sp³-hybridized carbons (Fsp3) is 0.318. The maximum absolute atomic E-state index is 12.8. The number of carbonyl (C=O) groups is 1. The van der Waals surface area contributed by atoms with Crippen LogP contribution in [-0.4, -0.2) is 20.7 Å². The summed E-state index contributed by atoms with van der Waals surface area (Å²) in [4.78, 5) is 16.9. The molecule has 0 saturated heterocycles. The van der Waals surface area contributed by atoms with E-state index in [2.05, 4.69) is 27.5 Å². The molecule has 136 valence electrons. The molecule has 0 bridgehead atoms. The van der Waals surface area contributed by atoms with Crippen LogP contribution < -0.4 is 5.32 Å². The Morgan fingerprint density at radius 3 is 2.74 bits per heavy atom. The van der Waals surface area contributed by atoms with Crippen molar-refractivity contribution >= 4 is 5.91 Å². The van der Waals surface area contributed by atoms with E-state index >= 15 is 0 Å². The minimum Gasteiger partial charge on any atom is -0.349 e. The van der Waals surface area contributed by atoms with E-state index in [0.717, 1.165) is 36.9 Å². The molecule has 0 spiro atoms. The molecular formula is C22H22N4O. The number of pyridine rings is 1. The molecule has 3 unspecified atom stereocenters. The molecule has 1 amide bonds. The van der Waals surface area contributed by atoms with Crippen LogP contribution in [0.4, 0.5) is 0 Å². The largest absolute Gasteiger partial charge is 0.349 e. The first-order valence-electron chi connectivity index (χ1n) is 9.64. The number of aromatic nitrogens is 3. The maximum Gasteiger partial charge on any atom is 0.224 e. The summed E-state index contributed by atoms with van der Waals surface area (Å²) in [5.41, 5.74) is 4.65. The Kier molecular flexibility index (Phi) is 4.00. The molecule has 1 N–H and O–H groups in total. The van der Waals surface area contributed by atoms with E-state index in [1.165, 1.54) is 11.3 Å². The van der Waals surface area contributed by atoms with Crippen LogP contribution in [0.1, 0.15) is 48.0 Å². The molecule has 1 fully saturated rings. The number of hydrogen-bond acceptors (Lipinski definition) is 3. The van der Waals surface area contributed by atoms with Gasteiger partial charge in [0.05, 0.1) is 17.9 Å². The van der Waals surface area contributed by atoms with Gasteiger partial charge in [0.2, 0.25) is 5.91 Å². The number of carbonyl (C=O) groups excluding carboxylic acids is 1. The molecule has 2 aliphatic rings. The highest BCUT2D eigenvalue weighted by Crippen LogP contribution is 2.48. The van der Waals surface area contributed by atoms with Crippen LogP contribution >= 0.6 is 0 Å². The van der Waals surface area contributed by atoms with Crippen LogP contribution in [0.5, 0.6) is 0 Å². The summed E-state index contributed by atoms with van der Waals surface area (Å²) in [6.07, 6.45) is 9.45. The van der Waals surface area contributed by atoms with Gasteiger partial charge < -0.3 is 5.32 Å². The molecule has 5 heteroatoms. The highest BCUT2D eigenvalue weighted by molar-refractivity contribution is 5.83. The van der Waals surface area contributed by atoms with Gasteiger partial charge in [-0.3, -0.25) is 9.78 Å². The summed E-state index contributed by atoms with van der Waals surface area (Å²) >= 11 is 0. The van der Waals surface area contributed by atoms with E-state index in [9.17, 15) is 4.79 Å². The van der Waals surface area contributed by atoms with Crippen molar-refractivity contribution in [1.29, 1.82) is 0 Å². The van der Waals surface area contributed by atoms with Gasteiger partial charge in [-0.15, -0.1) is 0 Å². The molecule has 0 radical (unpaired) electrons. The van der Waals surface area contributed by atoms with Crippen molar-refractivity contribution in [3.8, 4) is 5.69 Å². The van der Waals surface area contributed by atoms with Gasteiger partial charge >= 0.3 is 0 Å². The number of hydrogen-bond donors (Lipinski definition) is 1. The lowest BCUT2D eigenvalue weighted by molar-refractivity contribution is -0.123. The summed E-state index contributed by atoms with van der Waals surface area (Å²) in [5.74, 6) is 0.653. The number of amides is 1. The molecule has 2 aromatic heterocycles. The highest BCUT2D eigenvalue weighted by atomic mass is 16.2. The van der Waals surface area contributed by atoms with Gasteiger partial charge in [-0.2, -0.15) is 5.10 Å². The van der Waals surface area contributed by atoms with Gasteiger partial charge in [0.1, 0.15) is 0 Å². The monoisotopic (exact) mass is 358 g/mol. The summed E-state index contributed by atoms with van der Waals surface area (Å²) < 4.78 is 1.99. The van der Waals surface area contributed by atoms with Gasteiger partial charge in [0, 0.05) is 29.6 Å². The van der Waals surface area contributed by atoms with E-state index in [0.29, 0.717) is 5.92 Å². The Morgan fingerprint density at radius 1 is 1.11 bits per heavy atom. The topological polar surface area (TPSA) is 59.8 Å². The fourth-order valence-corrected chi connectivity index (χ4v) is 4.25. The predicted molar refractivity (Wildman–Crippen MR) is 102 cm³/mol. The van der Waals surface area contributed by atoms with Gasteiger partial charge in [0.25, 0.3) is 0 Å². The smallest absolute Gasteiger partial charge is 0.224 e. The first kappa shape index (κ1) is 16.2. The van der Waals surface area contributed by atoms with Crippen molar-refractivity contribution in [2.75, 3.05) is 0 Å². The molecule has 3 atom stereocenters. The second-order valence-corrected chi connectivity index (χ2v) is 7.48. The second kappa shape index (κ2) is 6.65. The second-order valence-electron chi connectivity index (χ2n) is 7.48. The third-order valence-corrected chi connectivity index (χ3v) is 5.76. The zero-order valence-corrected chi connectivity index (χ0v) is 15.1. The molecular weight excluding hydrogens is 336 g/mol. The highest BCUT2D eigenvalue weighted by Gasteiger charge is 2.44. The Morgan fingerprint density at radius 2 is 1.93 bits per heavy atom. The normalized spacial score (nSPS) is 23.5. The van der Waals surface area contributed by atoms with Crippen LogP contribution in [0.15, 0.2) is 61.1 Å². The molecule has 1 aromatic carbocycles. The molecule has 5 nitrogen and oxygen atoms in total. The lowest BCUT2D eigenvalue weighted by atomic mass is 9.92. The first-order chi connectivity index (χ1) is 13.3. The Bertz CT molecular complexity index is 951. The molecule has 0 aliphatic heterocycles. The van der Waals surface area contributed by atoms with Crippen LogP contribution in [0.3, 0.4) is 0 Å². The van der Waals surface area contributed by atoms with Crippen LogP contribution in [0.25, 0.3) is 5.69 Å². The van der Waals surface area contributed by atoms with Gasteiger partial charge in [-0.25, -0.2) is 4.68 Å². The van der Waals surface area contributed by atoms with Crippen molar-refractivity contribution in [1.82, 2.24) is 20.1 Å². The fourth-order valence-electron chi connectivity index (χ4n) is 4.25. The van der Waals surface area contributed by atoms with Gasteiger partial charge in [0.15, 0.2) is 0 Å². The molecule has 27 heavy (non-hydrogen) atoms. The van der Waals surface area contributed by atoms with Crippen molar-refractivity contribution in [2.45, 2.75) is 37.6 Å². The standard InChI is InChI=1S/C22H22N4O/c27-22(18-13-17(18)15-5-2-1-3-6-15)25-20-7-4-8-21-19(20)14-24-26(21)16-9-11-23-12-10-16/h1-3,5-6,9-12,14,17-18,20H,4,7-8,13H2,(H,25,27). The summed E-state index contributed by atoms with van der Waals surface area (Å²) in [6, 6.07) is 14.3. The van der Waals surface area contributed by atoms with Crippen molar-refractivity contribution < 1.29 is 4.79 Å². The number of rotatable bonds is 4. The Hall–Kier alpha value is -2.95. The number of nitrogens with zero attached hydrogens (tertiary/aromatic N) is 3. The molecule has 1 saturated carbocycles. The lowest BCUT2D eigenvalue weighted by Gasteiger charge is -2.24. The molecule has 3 aromatic rings. The maximum atomic E-state index is 12.8. The third kappa shape index (κ3) is 3.03. The van der Waals surface area contributed by atoms with Gasteiger partial charge in [-0.05, 0) is 49.3 Å². The van der Waals surface area contributed by atoms with Crippen LogP contribution in [0, 0.1) is 5.92 Å². The molecule has 2 aliphatic carbocycles. The van der Waals surface area contributed by atoms with Crippen molar-refractivity contribution in [3.63, 3.8) is 0 Å². The third-order valence-electron chi connectivity index (χ3n) is 5.76. The van der Waals surface area contributed by atoms with Crippen LogP contribution in [-0.2, 0) is 11.2 Å². The SMILES string of the molecule is O=C(NC1CCCc2c1cnn2-c1ccncc1)C1CC1c1ccccc1. The Labute approximate surface area is 158 Å². The average molecular weight is 358 g/mol. The first-order valence-corrected chi connectivity index (χ1v) is 9.64. The van der Waals surface area contributed by atoms with E-state index < -0.39 is 0 Å². The Balaban J connectivity index is 1.32. The molecule has 5 rings (SSSR count). The van der Waals surface area contributed by atoms with E-state index in [-0.39, 0.29) is 17.9 Å². The number of nitrogens with one attached hydrogen (secondary N) is 1. The van der Waals surface area contributed by atoms with Crippen molar-refractivity contribution in [2.24, 2.45) is 5.92 Å². The summed E-state index contributed by atoms with van der Waals surface area (Å²) in [5, 5.41) is 7.88. The summed E-state index contributed by atoms with van der Waals surface area (Å²) in [7, 11) is 0. The van der Waals surface area contributed by atoms with E-state index in [1.807, 2.05) is 41.2 Å². The van der Waals surface area contributed by atoms with Crippen LogP contribution in [0.2, 0.25) is 0 Å². The minimum atomic E-state index is 0.0638. The number of fused-ring (bicyclic) bond motifs is 1. The molecule has 2 heterocycles.